The van der Waals surface area contributed by atoms with E-state index in [-0.39, 0.29) is 22.5 Å². The molecule has 0 radical (unpaired) electrons. The first-order chi connectivity index (χ1) is 14.8. The third-order valence-electron chi connectivity index (χ3n) is 4.79. The highest BCUT2D eigenvalue weighted by Crippen LogP contribution is 2.22. The molecule has 7 nitrogen and oxygen atoms in total. The number of hydrogen-bond acceptors (Lipinski definition) is 5. The second-order valence-electron chi connectivity index (χ2n) is 6.92. The highest BCUT2D eigenvalue weighted by Gasteiger charge is 2.26. The molecule has 0 aliphatic heterocycles. The minimum Gasteiger partial charge on any atom is -0.424 e. The minimum atomic E-state index is -3.96. The van der Waals surface area contributed by atoms with Crippen LogP contribution in [-0.4, -0.2) is 23.3 Å². The summed E-state index contributed by atoms with van der Waals surface area (Å²) in [6, 6.07) is 20.9. The quantitative estimate of drug-likeness (QED) is 0.394. The zero-order valence-corrected chi connectivity index (χ0v) is 18.5. The predicted octanol–water partition coefficient (Wildman–Crippen LogP) is 3.66. The molecule has 1 atom stereocenters. The summed E-state index contributed by atoms with van der Waals surface area (Å²) in [6.45, 7) is 0. The summed E-state index contributed by atoms with van der Waals surface area (Å²) >= 11 is 3.29. The van der Waals surface area contributed by atoms with E-state index < -0.39 is 21.6 Å². The van der Waals surface area contributed by atoms with Gasteiger partial charge in [-0.2, -0.15) is 0 Å². The molecule has 0 amide bonds. The van der Waals surface area contributed by atoms with Crippen molar-refractivity contribution in [3.05, 3.63) is 105 Å². The van der Waals surface area contributed by atoms with Crippen molar-refractivity contribution in [2.75, 3.05) is 0 Å². The summed E-state index contributed by atoms with van der Waals surface area (Å²) in [4.78, 5) is 17.1. The second-order valence-corrected chi connectivity index (χ2v) is 9.55. The fourth-order valence-electron chi connectivity index (χ4n) is 3.27. The largest absolute Gasteiger partial charge is 0.424 e. The smallest absolute Gasteiger partial charge is 0.294 e. The summed E-state index contributed by atoms with van der Waals surface area (Å²) < 4.78 is 29.9. The van der Waals surface area contributed by atoms with Gasteiger partial charge in [0.15, 0.2) is 5.82 Å². The van der Waals surface area contributed by atoms with Crippen LogP contribution in [0.2, 0.25) is 0 Å². The molecule has 0 fully saturated rings. The Hall–Kier alpha value is -3.01. The number of nitrogens with one attached hydrogen (secondary N) is 1. The Labute approximate surface area is 187 Å². The SMILES string of the molecule is O=c1c2ccccc2nc([C@H](Cc2ccccc2)NS(=O)(=O)c2ccc(Br)cc2)n1O. The van der Waals surface area contributed by atoms with Crippen LogP contribution >= 0.6 is 15.9 Å². The van der Waals surface area contributed by atoms with Crippen LogP contribution in [-0.2, 0) is 16.4 Å². The molecule has 0 bridgehead atoms. The van der Waals surface area contributed by atoms with Gasteiger partial charge < -0.3 is 5.21 Å². The Morgan fingerprint density at radius 3 is 2.32 bits per heavy atom. The van der Waals surface area contributed by atoms with Gasteiger partial charge in [-0.05, 0) is 48.4 Å². The minimum absolute atomic E-state index is 0.0568. The van der Waals surface area contributed by atoms with Crippen LogP contribution in [0, 0.1) is 0 Å². The van der Waals surface area contributed by atoms with Gasteiger partial charge in [0.05, 0.1) is 21.8 Å². The van der Waals surface area contributed by atoms with Gasteiger partial charge in [0.2, 0.25) is 10.0 Å². The molecule has 0 saturated heterocycles. The maximum atomic E-state index is 13.1. The van der Waals surface area contributed by atoms with Crippen LogP contribution < -0.4 is 10.3 Å². The van der Waals surface area contributed by atoms with Crippen LogP contribution in [0.1, 0.15) is 17.4 Å². The monoisotopic (exact) mass is 499 g/mol. The summed E-state index contributed by atoms with van der Waals surface area (Å²) in [5.74, 6) is -0.0896. The van der Waals surface area contributed by atoms with Crippen molar-refractivity contribution >= 4 is 36.9 Å². The number of rotatable bonds is 6. The summed E-state index contributed by atoms with van der Waals surface area (Å²) in [5, 5.41) is 10.8. The summed E-state index contributed by atoms with van der Waals surface area (Å²) in [7, 11) is -3.96. The van der Waals surface area contributed by atoms with Crippen molar-refractivity contribution in [2.24, 2.45) is 0 Å². The molecule has 1 heterocycles. The fraction of sp³-hybridized carbons (Fsp3) is 0.0909. The lowest BCUT2D eigenvalue weighted by atomic mass is 10.1. The lowest BCUT2D eigenvalue weighted by Crippen LogP contribution is -2.35. The van der Waals surface area contributed by atoms with Crippen LogP contribution in [0.4, 0.5) is 0 Å². The van der Waals surface area contributed by atoms with Gasteiger partial charge in [-0.15, -0.1) is 4.73 Å². The number of hydrogen-bond donors (Lipinski definition) is 2. The molecule has 0 aliphatic rings. The summed E-state index contributed by atoms with van der Waals surface area (Å²) in [6.07, 6.45) is 0.182. The average Bonchev–Trinajstić information content (AvgIpc) is 2.77. The van der Waals surface area contributed by atoms with Crippen LogP contribution in [0.25, 0.3) is 10.9 Å². The van der Waals surface area contributed by atoms with Crippen molar-refractivity contribution in [3.63, 3.8) is 0 Å². The van der Waals surface area contributed by atoms with E-state index in [0.717, 1.165) is 10.0 Å². The van der Waals surface area contributed by atoms with E-state index in [9.17, 15) is 18.4 Å². The molecular weight excluding hydrogens is 482 g/mol. The lowest BCUT2D eigenvalue weighted by Gasteiger charge is -2.20. The third kappa shape index (κ3) is 4.53. The predicted molar refractivity (Wildman–Crippen MR) is 121 cm³/mol. The Morgan fingerprint density at radius 2 is 1.61 bits per heavy atom. The number of aromatic nitrogens is 2. The molecule has 2 N–H and O–H groups in total. The number of sulfonamides is 1. The normalized spacial score (nSPS) is 12.7. The van der Waals surface area contributed by atoms with Gasteiger partial charge in [0.1, 0.15) is 0 Å². The number of para-hydroxylation sites is 1. The molecular formula is C22H18BrN3O4S. The lowest BCUT2D eigenvalue weighted by molar-refractivity contribution is 0.156. The molecule has 0 aliphatic carbocycles. The van der Waals surface area contributed by atoms with Crippen LogP contribution in [0.15, 0.2) is 93.0 Å². The Balaban J connectivity index is 1.82. The first-order valence-corrected chi connectivity index (χ1v) is 11.7. The first-order valence-electron chi connectivity index (χ1n) is 9.38. The average molecular weight is 500 g/mol. The zero-order valence-electron chi connectivity index (χ0n) is 16.1. The second kappa shape index (κ2) is 8.62. The Kier molecular flexibility index (Phi) is 5.90. The molecule has 0 saturated carbocycles. The topological polar surface area (TPSA) is 101 Å². The maximum absolute atomic E-state index is 13.1. The number of halogens is 1. The number of fused-ring (bicyclic) bond motifs is 1. The first kappa shape index (κ1) is 21.2. The molecule has 9 heteroatoms. The van der Waals surface area contributed by atoms with Crippen LogP contribution in [0.5, 0.6) is 0 Å². The van der Waals surface area contributed by atoms with E-state index in [2.05, 4.69) is 25.6 Å². The van der Waals surface area contributed by atoms with E-state index >= 15 is 0 Å². The molecule has 0 spiro atoms. The maximum Gasteiger partial charge on any atom is 0.294 e. The van der Waals surface area contributed by atoms with Crippen molar-refractivity contribution in [3.8, 4) is 0 Å². The van der Waals surface area contributed by atoms with E-state index in [1.54, 1.807) is 36.4 Å². The van der Waals surface area contributed by atoms with Gasteiger partial charge in [0.25, 0.3) is 5.56 Å². The van der Waals surface area contributed by atoms with Gasteiger partial charge in [-0.3, -0.25) is 4.79 Å². The zero-order chi connectivity index (χ0) is 22.0. The molecule has 158 valence electrons. The van der Waals surface area contributed by atoms with Crippen molar-refractivity contribution < 1.29 is 13.6 Å². The standard InChI is InChI=1S/C22H18BrN3O4S/c23-16-10-12-17(13-11-16)31(29,30)25-20(14-15-6-2-1-3-7-15)21-24-19-9-5-4-8-18(19)22(27)26(21)28/h1-13,20,25,28H,14H2/t20-/m0/s1. The van der Waals surface area contributed by atoms with E-state index in [4.69, 9.17) is 0 Å². The summed E-state index contributed by atoms with van der Waals surface area (Å²) in [5.41, 5.74) is 0.517. The van der Waals surface area contributed by atoms with E-state index in [1.807, 2.05) is 30.3 Å². The molecule has 31 heavy (non-hydrogen) atoms. The highest BCUT2D eigenvalue weighted by atomic mass is 79.9. The van der Waals surface area contributed by atoms with Gasteiger partial charge in [-0.25, -0.2) is 18.1 Å². The van der Waals surface area contributed by atoms with Crippen LogP contribution in [0.3, 0.4) is 0 Å². The molecule has 4 aromatic rings. The number of nitrogens with zero attached hydrogens (tertiary/aromatic N) is 2. The van der Waals surface area contributed by atoms with Gasteiger partial charge in [-0.1, -0.05) is 58.4 Å². The Morgan fingerprint density at radius 1 is 0.968 bits per heavy atom. The molecule has 1 aromatic heterocycles. The van der Waals surface area contributed by atoms with Crippen molar-refractivity contribution in [1.82, 2.24) is 14.4 Å². The Bertz CT molecular complexity index is 1390. The van der Waals surface area contributed by atoms with Crippen molar-refractivity contribution in [2.45, 2.75) is 17.4 Å². The van der Waals surface area contributed by atoms with E-state index in [1.165, 1.54) is 12.1 Å². The van der Waals surface area contributed by atoms with Gasteiger partial charge in [0, 0.05) is 4.47 Å². The van der Waals surface area contributed by atoms with Gasteiger partial charge >= 0.3 is 0 Å². The highest BCUT2D eigenvalue weighted by molar-refractivity contribution is 9.10. The number of benzene rings is 3. The fourth-order valence-corrected chi connectivity index (χ4v) is 4.73. The molecule has 0 unspecified atom stereocenters. The molecule has 3 aromatic carbocycles. The third-order valence-corrected chi connectivity index (χ3v) is 6.81. The van der Waals surface area contributed by atoms with Crippen molar-refractivity contribution in [1.29, 1.82) is 0 Å². The molecule has 4 rings (SSSR count). The van der Waals surface area contributed by atoms with E-state index in [0.29, 0.717) is 10.2 Å².